The van der Waals surface area contributed by atoms with E-state index < -0.39 is 0 Å². The van der Waals surface area contributed by atoms with E-state index in [9.17, 15) is 9.18 Å². The number of carbonyl (C=O) groups excluding carboxylic acids is 1. The van der Waals surface area contributed by atoms with Crippen LogP contribution in [-0.4, -0.2) is 45.9 Å². The molecule has 1 fully saturated rings. The minimum Gasteiger partial charge on any atom is -0.360 e. The molecule has 2 atom stereocenters. The van der Waals surface area contributed by atoms with E-state index in [2.05, 4.69) is 44.6 Å². The molecule has 0 radical (unpaired) electrons. The summed E-state index contributed by atoms with van der Waals surface area (Å²) in [5.74, 6) is 0.174. The zero-order chi connectivity index (χ0) is 26.9. The summed E-state index contributed by atoms with van der Waals surface area (Å²) in [5.41, 5.74) is 8.71. The first-order chi connectivity index (χ1) is 19.0. The largest absolute Gasteiger partial charge is 0.360 e. The predicted octanol–water partition coefficient (Wildman–Crippen LogP) is 6.67. The molecule has 2 N–H and O–H groups in total. The second kappa shape index (κ2) is 10.6. The van der Waals surface area contributed by atoms with Crippen LogP contribution in [0, 0.1) is 5.82 Å². The average Bonchev–Trinajstić information content (AvgIpc) is 3.58. The fourth-order valence-corrected chi connectivity index (χ4v) is 6.00. The molecule has 39 heavy (non-hydrogen) atoms. The first kappa shape index (κ1) is 25.3. The van der Waals surface area contributed by atoms with Crippen LogP contribution in [0.15, 0.2) is 85.3 Å². The van der Waals surface area contributed by atoms with Gasteiger partial charge in [0.1, 0.15) is 5.82 Å². The minimum absolute atomic E-state index is 0.0236. The molecule has 2 aromatic heterocycles. The summed E-state index contributed by atoms with van der Waals surface area (Å²) in [6.07, 6.45) is 10.2. The first-order valence-corrected chi connectivity index (χ1v) is 13.7. The maximum Gasteiger partial charge on any atom is 0.251 e. The second-order valence-electron chi connectivity index (χ2n) is 10.9. The van der Waals surface area contributed by atoms with Gasteiger partial charge in [0.05, 0.1) is 5.69 Å². The van der Waals surface area contributed by atoms with Crippen molar-refractivity contribution in [3.05, 3.63) is 108 Å². The van der Waals surface area contributed by atoms with Crippen molar-refractivity contribution < 1.29 is 9.18 Å². The summed E-state index contributed by atoms with van der Waals surface area (Å²) in [4.78, 5) is 22.6. The van der Waals surface area contributed by atoms with Gasteiger partial charge in [-0.25, -0.2) is 4.39 Å². The molecule has 198 valence electrons. The van der Waals surface area contributed by atoms with Crippen molar-refractivity contribution in [1.29, 1.82) is 0 Å². The van der Waals surface area contributed by atoms with Crippen LogP contribution in [0.2, 0.25) is 0 Å². The topological polar surface area (TPSA) is 61.0 Å². The lowest BCUT2D eigenvalue weighted by atomic mass is 9.90. The Morgan fingerprint density at radius 1 is 1.03 bits per heavy atom. The molecule has 6 heteroatoms. The normalized spacial score (nSPS) is 19.1. The van der Waals surface area contributed by atoms with E-state index in [4.69, 9.17) is 0 Å². The lowest BCUT2D eigenvalue weighted by molar-refractivity contribution is 0.0943. The number of hydrogen-bond donors (Lipinski definition) is 2. The Morgan fingerprint density at radius 3 is 2.49 bits per heavy atom. The molecule has 0 saturated carbocycles. The third kappa shape index (κ3) is 5.17. The third-order valence-electron chi connectivity index (χ3n) is 7.90. The van der Waals surface area contributed by atoms with Gasteiger partial charge in [0.15, 0.2) is 0 Å². The molecule has 4 heterocycles. The number of nitrogens with one attached hydrogen (secondary N) is 2. The molecule has 2 aromatic carbocycles. The Labute approximate surface area is 228 Å². The SMILES string of the molecule is CC(C)NC(=O)c1ccc(C2CC3C=C(c4c[nH]c(-c5ccc(F)cc5)c4-c4ccncc4)CCN3C2)cc1. The zero-order valence-electron chi connectivity index (χ0n) is 22.3. The van der Waals surface area contributed by atoms with Crippen molar-refractivity contribution in [3.63, 3.8) is 0 Å². The molecular weight excluding hydrogens is 487 g/mol. The van der Waals surface area contributed by atoms with Crippen LogP contribution in [0.5, 0.6) is 0 Å². The Morgan fingerprint density at radius 2 is 1.77 bits per heavy atom. The smallest absolute Gasteiger partial charge is 0.251 e. The van der Waals surface area contributed by atoms with Crippen molar-refractivity contribution in [3.8, 4) is 22.4 Å². The quantitative estimate of drug-likeness (QED) is 0.299. The highest BCUT2D eigenvalue weighted by Crippen LogP contribution is 2.42. The molecule has 5 nitrogen and oxygen atoms in total. The van der Waals surface area contributed by atoms with Gasteiger partial charge in [-0.3, -0.25) is 14.7 Å². The third-order valence-corrected chi connectivity index (χ3v) is 7.90. The molecule has 1 amide bonds. The van der Waals surface area contributed by atoms with Gasteiger partial charge in [-0.1, -0.05) is 18.2 Å². The monoisotopic (exact) mass is 520 g/mol. The van der Waals surface area contributed by atoms with Crippen LogP contribution < -0.4 is 5.32 Å². The zero-order valence-corrected chi connectivity index (χ0v) is 22.3. The standard InChI is InChI=1S/C33H33FN4O/c1-21(2)37-33(39)25-5-3-22(4-6-25)27-18-29-17-26(13-16-38(29)20-27)30-19-36-32(24-7-9-28(34)10-8-24)31(30)23-11-14-35-15-12-23/h3-12,14-15,17,19,21,27,29,36H,13,16,18,20H2,1-2H3,(H,37,39). The molecule has 2 unspecified atom stereocenters. The number of aromatic nitrogens is 2. The highest BCUT2D eigenvalue weighted by molar-refractivity contribution is 5.94. The van der Waals surface area contributed by atoms with Crippen LogP contribution >= 0.6 is 0 Å². The average molecular weight is 521 g/mol. The van der Waals surface area contributed by atoms with Crippen molar-refractivity contribution in [1.82, 2.24) is 20.2 Å². The molecule has 1 saturated heterocycles. The van der Waals surface area contributed by atoms with Crippen LogP contribution in [-0.2, 0) is 0 Å². The number of carbonyl (C=O) groups is 1. The van der Waals surface area contributed by atoms with Crippen LogP contribution in [0.1, 0.15) is 54.1 Å². The van der Waals surface area contributed by atoms with Gasteiger partial charge in [0, 0.05) is 60.5 Å². The summed E-state index contributed by atoms with van der Waals surface area (Å²) in [5, 5.41) is 2.96. The lowest BCUT2D eigenvalue weighted by Crippen LogP contribution is -2.32. The molecule has 4 aromatic rings. The lowest BCUT2D eigenvalue weighted by Gasteiger charge is -2.28. The van der Waals surface area contributed by atoms with Crippen molar-refractivity contribution in [2.75, 3.05) is 13.1 Å². The number of rotatable bonds is 6. The summed E-state index contributed by atoms with van der Waals surface area (Å²) < 4.78 is 13.7. The van der Waals surface area contributed by atoms with Crippen molar-refractivity contribution in [2.24, 2.45) is 0 Å². The Bertz CT molecular complexity index is 1490. The molecule has 0 spiro atoms. The van der Waals surface area contributed by atoms with E-state index in [-0.39, 0.29) is 17.8 Å². The van der Waals surface area contributed by atoms with E-state index in [0.717, 1.165) is 48.3 Å². The number of aromatic amines is 1. The summed E-state index contributed by atoms with van der Waals surface area (Å²) >= 11 is 0. The van der Waals surface area contributed by atoms with E-state index in [1.165, 1.54) is 28.8 Å². The number of fused-ring (bicyclic) bond motifs is 1. The van der Waals surface area contributed by atoms with E-state index in [1.54, 1.807) is 0 Å². The van der Waals surface area contributed by atoms with E-state index in [1.807, 2.05) is 62.6 Å². The van der Waals surface area contributed by atoms with Gasteiger partial charge in [-0.2, -0.15) is 0 Å². The minimum atomic E-state index is -0.240. The van der Waals surface area contributed by atoms with Gasteiger partial charge in [-0.05, 0) is 103 Å². The number of hydrogen-bond acceptors (Lipinski definition) is 3. The number of H-pyrrole nitrogens is 1. The van der Waals surface area contributed by atoms with Crippen LogP contribution in [0.25, 0.3) is 28.0 Å². The molecule has 6 rings (SSSR count). The molecule has 0 aliphatic carbocycles. The van der Waals surface area contributed by atoms with Crippen molar-refractivity contribution in [2.45, 2.75) is 44.7 Å². The van der Waals surface area contributed by atoms with Gasteiger partial charge in [0.2, 0.25) is 0 Å². The highest BCUT2D eigenvalue weighted by atomic mass is 19.1. The molecular formula is C33H33FN4O. The summed E-state index contributed by atoms with van der Waals surface area (Å²) in [7, 11) is 0. The van der Waals surface area contributed by atoms with E-state index in [0.29, 0.717) is 17.5 Å². The predicted molar refractivity (Wildman–Crippen MR) is 154 cm³/mol. The first-order valence-electron chi connectivity index (χ1n) is 13.7. The number of benzene rings is 2. The Balaban J connectivity index is 1.27. The highest BCUT2D eigenvalue weighted by Gasteiger charge is 2.35. The number of amides is 1. The van der Waals surface area contributed by atoms with Crippen LogP contribution in [0.4, 0.5) is 4.39 Å². The summed E-state index contributed by atoms with van der Waals surface area (Å²) in [6, 6.07) is 19.4. The summed E-state index contributed by atoms with van der Waals surface area (Å²) in [6.45, 7) is 5.98. The van der Waals surface area contributed by atoms with E-state index >= 15 is 0 Å². The fourth-order valence-electron chi connectivity index (χ4n) is 6.00. The molecule has 0 bridgehead atoms. The molecule has 2 aliphatic rings. The van der Waals surface area contributed by atoms with Gasteiger partial charge in [0.25, 0.3) is 5.91 Å². The number of halogens is 1. The maximum atomic E-state index is 13.7. The fraction of sp³-hybridized carbons (Fsp3) is 0.273. The van der Waals surface area contributed by atoms with Crippen LogP contribution in [0.3, 0.4) is 0 Å². The second-order valence-corrected chi connectivity index (χ2v) is 10.9. The maximum absolute atomic E-state index is 13.7. The number of pyridine rings is 1. The van der Waals surface area contributed by atoms with Gasteiger partial charge >= 0.3 is 0 Å². The molecule has 2 aliphatic heterocycles. The van der Waals surface area contributed by atoms with Gasteiger partial charge in [-0.15, -0.1) is 0 Å². The van der Waals surface area contributed by atoms with Gasteiger partial charge < -0.3 is 10.3 Å². The Kier molecular flexibility index (Phi) is 6.88. The number of nitrogens with zero attached hydrogens (tertiary/aromatic N) is 2. The van der Waals surface area contributed by atoms with Crippen molar-refractivity contribution >= 4 is 11.5 Å². The Hall–Kier alpha value is -4.03.